The topological polar surface area (TPSA) is 86.5 Å². The molecule has 1 aromatic heterocycles. The van der Waals surface area contributed by atoms with Gasteiger partial charge in [0.1, 0.15) is 5.69 Å². The van der Waals surface area contributed by atoms with E-state index in [2.05, 4.69) is 47.2 Å². The fourth-order valence-corrected chi connectivity index (χ4v) is 2.88. The van der Waals surface area contributed by atoms with Gasteiger partial charge in [-0.25, -0.2) is 4.99 Å². The van der Waals surface area contributed by atoms with Crippen molar-refractivity contribution in [3.63, 3.8) is 0 Å². The van der Waals surface area contributed by atoms with E-state index in [-0.39, 0.29) is 18.1 Å². The molecule has 0 saturated heterocycles. The summed E-state index contributed by atoms with van der Waals surface area (Å²) in [6.07, 6.45) is 3.64. The molecule has 0 bridgehead atoms. The Labute approximate surface area is 126 Å². The van der Waals surface area contributed by atoms with Gasteiger partial charge in [-0.1, -0.05) is 12.2 Å². The highest BCUT2D eigenvalue weighted by Crippen LogP contribution is 2.26. The summed E-state index contributed by atoms with van der Waals surface area (Å²) >= 11 is 6.68. The van der Waals surface area contributed by atoms with Gasteiger partial charge in [0.2, 0.25) is 0 Å². The Morgan fingerprint density at radius 3 is 3.00 bits per heavy atom. The number of halogens is 2. The van der Waals surface area contributed by atoms with Crippen molar-refractivity contribution in [3.05, 3.63) is 33.0 Å². The maximum atomic E-state index is 12.5. The van der Waals surface area contributed by atoms with Crippen molar-refractivity contribution in [1.29, 1.82) is 0 Å². The molecule has 2 aliphatic heterocycles. The number of aliphatic imine (C=N–C) groups is 1. The third kappa shape index (κ3) is 2.18. The van der Waals surface area contributed by atoms with Crippen LogP contribution in [0.5, 0.6) is 0 Å². The molecule has 0 aromatic carbocycles. The van der Waals surface area contributed by atoms with Gasteiger partial charge in [-0.15, -0.1) is 0 Å². The lowest BCUT2D eigenvalue weighted by Gasteiger charge is -2.31. The molecule has 0 spiro atoms. The van der Waals surface area contributed by atoms with Crippen LogP contribution < -0.4 is 11.1 Å². The number of aromatic nitrogens is 1. The van der Waals surface area contributed by atoms with Crippen LogP contribution in [0.1, 0.15) is 10.5 Å². The molecule has 0 fully saturated rings. The van der Waals surface area contributed by atoms with E-state index in [1.165, 1.54) is 0 Å². The Morgan fingerprint density at radius 1 is 1.53 bits per heavy atom. The number of fused-ring (bicyclic) bond motifs is 1. The maximum absolute atomic E-state index is 12.5. The second-order valence-corrected chi connectivity index (χ2v) is 5.98. The van der Waals surface area contributed by atoms with Gasteiger partial charge in [0.25, 0.3) is 5.91 Å². The zero-order valence-electron chi connectivity index (χ0n) is 9.73. The zero-order chi connectivity index (χ0) is 13.6. The lowest BCUT2D eigenvalue weighted by molar-refractivity contribution is 0.0684. The number of hydrogen-bond acceptors (Lipinski definition) is 4. The minimum Gasteiger partial charge on any atom is -0.370 e. The third-order valence-electron chi connectivity index (χ3n) is 3.09. The second kappa shape index (κ2) is 4.68. The SMILES string of the molecule is NC1=N[C@H]2[C@H](C=CCN2C(=O)c2cc(Br)c(Br)[nH]2)N1. The number of guanidine groups is 1. The molecule has 100 valence electrons. The van der Waals surface area contributed by atoms with Gasteiger partial charge >= 0.3 is 0 Å². The number of carbonyl (C=O) groups excluding carboxylic acids is 1. The van der Waals surface area contributed by atoms with E-state index in [0.29, 0.717) is 18.2 Å². The highest BCUT2D eigenvalue weighted by Gasteiger charge is 2.36. The molecule has 0 unspecified atom stereocenters. The molecule has 1 aromatic rings. The molecular weight excluding hydrogens is 378 g/mol. The van der Waals surface area contributed by atoms with Crippen LogP contribution in [-0.2, 0) is 0 Å². The molecule has 2 atom stereocenters. The summed E-state index contributed by atoms with van der Waals surface area (Å²) in [5.74, 6) is 0.263. The Morgan fingerprint density at radius 2 is 2.32 bits per heavy atom. The van der Waals surface area contributed by atoms with Gasteiger partial charge in [-0.05, 0) is 37.9 Å². The smallest absolute Gasteiger partial charge is 0.272 e. The van der Waals surface area contributed by atoms with Gasteiger partial charge in [0.05, 0.1) is 15.1 Å². The van der Waals surface area contributed by atoms with E-state index in [1.807, 2.05) is 12.2 Å². The first-order chi connectivity index (χ1) is 9.06. The summed E-state index contributed by atoms with van der Waals surface area (Å²) in [5.41, 5.74) is 6.18. The van der Waals surface area contributed by atoms with E-state index in [0.717, 1.165) is 9.08 Å². The van der Waals surface area contributed by atoms with Gasteiger partial charge in [0.15, 0.2) is 12.1 Å². The number of aromatic amines is 1. The first-order valence-corrected chi connectivity index (χ1v) is 7.26. The van der Waals surface area contributed by atoms with Gasteiger partial charge < -0.3 is 20.9 Å². The van der Waals surface area contributed by atoms with E-state index < -0.39 is 0 Å². The number of rotatable bonds is 1. The standard InChI is InChI=1S/C11H11Br2N5O/c12-5-4-7(15-8(5)13)10(19)18-3-1-2-6-9(18)17-11(14)16-6/h1-2,4,6,9,15H,3H2,(H3,14,16,17)/t6-,9+/m0/s1. The molecule has 4 N–H and O–H groups in total. The molecule has 0 radical (unpaired) electrons. The Bertz CT molecular complexity index is 574. The number of amides is 1. The van der Waals surface area contributed by atoms with E-state index in [9.17, 15) is 4.79 Å². The molecule has 0 aliphatic carbocycles. The summed E-state index contributed by atoms with van der Waals surface area (Å²) in [6, 6.07) is 1.70. The summed E-state index contributed by atoms with van der Waals surface area (Å²) in [4.78, 5) is 21.4. The third-order valence-corrected chi connectivity index (χ3v) is 4.87. The van der Waals surface area contributed by atoms with Crippen molar-refractivity contribution in [2.75, 3.05) is 6.54 Å². The lowest BCUT2D eigenvalue weighted by Crippen LogP contribution is -2.49. The number of H-pyrrole nitrogens is 1. The van der Waals surface area contributed by atoms with Crippen LogP contribution in [0.2, 0.25) is 0 Å². The fourth-order valence-electron chi connectivity index (χ4n) is 2.22. The predicted molar refractivity (Wildman–Crippen MR) is 78.7 cm³/mol. The molecule has 1 amide bonds. The number of nitrogens with zero attached hydrogens (tertiary/aromatic N) is 2. The van der Waals surface area contributed by atoms with Crippen molar-refractivity contribution >= 4 is 43.7 Å². The monoisotopic (exact) mass is 387 g/mol. The van der Waals surface area contributed by atoms with Crippen LogP contribution in [0.15, 0.2) is 32.3 Å². The predicted octanol–water partition coefficient (Wildman–Crippen LogP) is 1.16. The summed E-state index contributed by atoms with van der Waals surface area (Å²) in [6.45, 7) is 0.521. The van der Waals surface area contributed by atoms with Gasteiger partial charge in [0, 0.05) is 6.54 Å². The first-order valence-electron chi connectivity index (χ1n) is 5.67. The Hall–Kier alpha value is -1.28. The second-order valence-electron chi connectivity index (χ2n) is 4.33. The number of carbonyl (C=O) groups is 1. The van der Waals surface area contributed by atoms with Gasteiger partial charge in [-0.3, -0.25) is 4.79 Å². The minimum atomic E-state index is -0.279. The minimum absolute atomic E-state index is 0.0421. The highest BCUT2D eigenvalue weighted by molar-refractivity contribution is 9.13. The van der Waals surface area contributed by atoms with Crippen LogP contribution in [0, 0.1) is 0 Å². The van der Waals surface area contributed by atoms with Crippen LogP contribution in [0.4, 0.5) is 0 Å². The van der Waals surface area contributed by atoms with E-state index in [1.54, 1.807) is 11.0 Å². The average Bonchev–Trinajstić information content (AvgIpc) is 2.90. The zero-order valence-corrected chi connectivity index (χ0v) is 12.9. The molecule has 8 heteroatoms. The molecular formula is C11H11Br2N5O. The maximum Gasteiger partial charge on any atom is 0.272 e. The summed E-state index contributed by atoms with van der Waals surface area (Å²) in [7, 11) is 0. The van der Waals surface area contributed by atoms with Crippen LogP contribution in [0.25, 0.3) is 0 Å². The van der Waals surface area contributed by atoms with E-state index in [4.69, 9.17) is 5.73 Å². The molecule has 2 aliphatic rings. The number of nitrogens with one attached hydrogen (secondary N) is 2. The largest absolute Gasteiger partial charge is 0.370 e. The molecule has 3 heterocycles. The number of nitrogens with two attached hydrogens (primary N) is 1. The van der Waals surface area contributed by atoms with Crippen LogP contribution >= 0.6 is 31.9 Å². The number of hydrogen-bond donors (Lipinski definition) is 3. The highest BCUT2D eigenvalue weighted by atomic mass is 79.9. The van der Waals surface area contributed by atoms with Crippen LogP contribution in [-0.4, -0.2) is 40.5 Å². The fraction of sp³-hybridized carbons (Fsp3) is 0.273. The van der Waals surface area contributed by atoms with Gasteiger partial charge in [-0.2, -0.15) is 0 Å². The molecule has 6 nitrogen and oxygen atoms in total. The van der Waals surface area contributed by atoms with Crippen molar-refractivity contribution < 1.29 is 4.79 Å². The average molecular weight is 389 g/mol. The Balaban J connectivity index is 1.89. The van der Waals surface area contributed by atoms with Crippen LogP contribution in [0.3, 0.4) is 0 Å². The Kier molecular flexibility index (Phi) is 3.14. The lowest BCUT2D eigenvalue weighted by atomic mass is 10.1. The molecule has 19 heavy (non-hydrogen) atoms. The summed E-state index contributed by atoms with van der Waals surface area (Å²) in [5, 5.41) is 3.03. The van der Waals surface area contributed by atoms with E-state index >= 15 is 0 Å². The molecule has 0 saturated carbocycles. The molecule has 3 rings (SSSR count). The van der Waals surface area contributed by atoms with Crippen molar-refractivity contribution in [3.8, 4) is 0 Å². The van der Waals surface area contributed by atoms with Crippen molar-refractivity contribution in [1.82, 2.24) is 15.2 Å². The normalized spacial score (nSPS) is 24.9. The van der Waals surface area contributed by atoms with Crippen molar-refractivity contribution in [2.24, 2.45) is 10.7 Å². The van der Waals surface area contributed by atoms with Crippen molar-refractivity contribution in [2.45, 2.75) is 12.2 Å². The quantitative estimate of drug-likeness (QED) is 0.631. The summed E-state index contributed by atoms with van der Waals surface area (Å²) < 4.78 is 1.56. The first kappa shape index (κ1) is 12.7.